The number of nitrogens with one attached hydrogen (secondary N) is 2. The van der Waals surface area contributed by atoms with Crippen LogP contribution in [-0.4, -0.2) is 30.7 Å². The molecule has 2 rings (SSSR count). The number of methoxy groups -OCH3 is 1. The average Bonchev–Trinajstić information content (AvgIpc) is 2.79. The summed E-state index contributed by atoms with van der Waals surface area (Å²) in [5.41, 5.74) is 0. The van der Waals surface area contributed by atoms with E-state index in [4.69, 9.17) is 16.3 Å². The molecular weight excluding hydrogens is 299 g/mol. The van der Waals surface area contributed by atoms with Crippen LogP contribution < -0.4 is 9.46 Å². The molecule has 0 aliphatic rings. The number of hydrogen-bond donors (Lipinski definition) is 2. The minimum absolute atomic E-state index is 0.0187. The first-order valence-corrected chi connectivity index (χ1v) is 6.73. The lowest BCUT2D eigenvalue weighted by Crippen LogP contribution is -2.14. The van der Waals surface area contributed by atoms with E-state index in [0.717, 1.165) is 18.2 Å². The third kappa shape index (κ3) is 2.93. The van der Waals surface area contributed by atoms with E-state index in [1.165, 1.54) is 7.11 Å². The van der Waals surface area contributed by atoms with Gasteiger partial charge in [-0.15, -0.1) is 5.10 Å². The van der Waals surface area contributed by atoms with E-state index in [-0.39, 0.29) is 21.9 Å². The molecule has 0 aliphatic heterocycles. The maximum absolute atomic E-state index is 13.0. The van der Waals surface area contributed by atoms with E-state index in [1.54, 1.807) is 0 Å². The molecular formula is C9H8ClFN4O3S. The third-order valence-electron chi connectivity index (χ3n) is 2.08. The molecule has 10 heteroatoms. The highest BCUT2D eigenvalue weighted by atomic mass is 35.5. The van der Waals surface area contributed by atoms with Gasteiger partial charge in [-0.05, 0) is 18.2 Å². The number of H-pyrrole nitrogens is 1. The Labute approximate surface area is 112 Å². The normalized spacial score (nSPS) is 11.3. The quantitative estimate of drug-likeness (QED) is 0.890. The number of sulfonamides is 1. The van der Waals surface area contributed by atoms with Crippen LogP contribution in [0.3, 0.4) is 0 Å². The number of hydrogen-bond acceptors (Lipinski definition) is 5. The number of nitrogens with zero attached hydrogens (tertiary/aromatic N) is 2. The molecule has 0 atom stereocenters. The van der Waals surface area contributed by atoms with Crippen LogP contribution in [-0.2, 0) is 10.0 Å². The summed E-state index contributed by atoms with van der Waals surface area (Å²) < 4.78 is 43.7. The first kappa shape index (κ1) is 13.6. The van der Waals surface area contributed by atoms with E-state index in [1.807, 2.05) is 0 Å². The first-order valence-electron chi connectivity index (χ1n) is 4.86. The summed E-state index contributed by atoms with van der Waals surface area (Å²) >= 11 is 5.53. The summed E-state index contributed by atoms with van der Waals surface area (Å²) in [6.07, 6.45) is 0. The third-order valence-corrected chi connectivity index (χ3v) is 3.71. The predicted molar refractivity (Wildman–Crippen MR) is 65.2 cm³/mol. The molecule has 7 nitrogen and oxygen atoms in total. The van der Waals surface area contributed by atoms with Crippen LogP contribution >= 0.6 is 11.6 Å². The van der Waals surface area contributed by atoms with Crippen molar-refractivity contribution in [3.63, 3.8) is 0 Å². The minimum Gasteiger partial charge on any atom is -0.466 e. The smallest absolute Gasteiger partial charge is 0.336 e. The summed E-state index contributed by atoms with van der Waals surface area (Å²) in [5, 5.41) is 5.60. The number of ether oxygens (including phenoxy) is 1. The Balaban J connectivity index is 2.29. The van der Waals surface area contributed by atoms with Crippen LogP contribution in [0.5, 0.6) is 6.01 Å². The highest BCUT2D eigenvalue weighted by molar-refractivity contribution is 7.92. The summed E-state index contributed by atoms with van der Waals surface area (Å²) in [4.78, 5) is 3.49. The van der Waals surface area contributed by atoms with Crippen LogP contribution in [0.4, 0.5) is 10.3 Å². The van der Waals surface area contributed by atoms with Crippen LogP contribution in [0.1, 0.15) is 0 Å². The number of rotatable bonds is 4. The number of aromatic nitrogens is 3. The van der Waals surface area contributed by atoms with Crippen molar-refractivity contribution < 1.29 is 17.5 Å². The summed E-state index contributed by atoms with van der Waals surface area (Å²) in [5.74, 6) is -0.834. The fourth-order valence-electron chi connectivity index (χ4n) is 1.21. The Morgan fingerprint density at radius 1 is 1.47 bits per heavy atom. The molecule has 2 N–H and O–H groups in total. The Hall–Kier alpha value is -1.87. The summed E-state index contributed by atoms with van der Waals surface area (Å²) in [6.45, 7) is 0. The molecule has 1 aromatic carbocycles. The summed E-state index contributed by atoms with van der Waals surface area (Å²) in [7, 11) is -2.60. The van der Waals surface area contributed by atoms with Gasteiger partial charge < -0.3 is 4.74 Å². The second-order valence-corrected chi connectivity index (χ2v) is 5.44. The second kappa shape index (κ2) is 5.02. The zero-order valence-electron chi connectivity index (χ0n) is 9.52. The Morgan fingerprint density at radius 2 is 2.21 bits per heavy atom. The van der Waals surface area contributed by atoms with Crippen LogP contribution in [0.25, 0.3) is 0 Å². The van der Waals surface area contributed by atoms with Gasteiger partial charge in [0.15, 0.2) is 0 Å². The zero-order valence-corrected chi connectivity index (χ0v) is 11.1. The molecule has 0 saturated carbocycles. The maximum atomic E-state index is 13.0. The van der Waals surface area contributed by atoms with Crippen molar-refractivity contribution in [1.29, 1.82) is 0 Å². The van der Waals surface area contributed by atoms with Crippen molar-refractivity contribution in [3.8, 4) is 6.01 Å². The van der Waals surface area contributed by atoms with Crippen molar-refractivity contribution in [3.05, 3.63) is 29.0 Å². The monoisotopic (exact) mass is 306 g/mol. The lowest BCUT2D eigenvalue weighted by molar-refractivity contribution is 0.382. The minimum atomic E-state index is -3.94. The largest absolute Gasteiger partial charge is 0.466 e. The SMILES string of the molecule is COc1n[nH]c(NS(=O)(=O)c2ccc(F)c(Cl)c2)n1. The summed E-state index contributed by atoms with van der Waals surface area (Å²) in [6, 6.07) is 3.01. The van der Waals surface area contributed by atoms with Gasteiger partial charge in [-0.1, -0.05) is 11.6 Å². The van der Waals surface area contributed by atoms with Gasteiger partial charge in [-0.25, -0.2) is 22.6 Å². The molecule has 0 unspecified atom stereocenters. The lowest BCUT2D eigenvalue weighted by atomic mass is 10.3. The molecule has 2 aromatic rings. The lowest BCUT2D eigenvalue weighted by Gasteiger charge is -2.05. The highest BCUT2D eigenvalue weighted by Gasteiger charge is 2.18. The highest BCUT2D eigenvalue weighted by Crippen LogP contribution is 2.21. The molecule has 0 fully saturated rings. The van der Waals surface area contributed by atoms with Crippen molar-refractivity contribution >= 4 is 27.6 Å². The first-order chi connectivity index (χ1) is 8.92. The van der Waals surface area contributed by atoms with Gasteiger partial charge in [0.2, 0.25) is 5.95 Å². The molecule has 102 valence electrons. The topological polar surface area (TPSA) is 97.0 Å². The number of halogens is 2. The van der Waals surface area contributed by atoms with Gasteiger partial charge in [0.1, 0.15) is 5.82 Å². The van der Waals surface area contributed by atoms with Gasteiger partial charge in [0.25, 0.3) is 10.0 Å². The van der Waals surface area contributed by atoms with E-state index < -0.39 is 15.8 Å². The second-order valence-electron chi connectivity index (χ2n) is 3.35. The predicted octanol–water partition coefficient (Wildman–Crippen LogP) is 1.41. The maximum Gasteiger partial charge on any atom is 0.336 e. The molecule has 0 spiro atoms. The van der Waals surface area contributed by atoms with Gasteiger partial charge >= 0.3 is 6.01 Å². The number of anilines is 1. The van der Waals surface area contributed by atoms with Gasteiger partial charge in [0.05, 0.1) is 17.0 Å². The standard InChI is InChI=1S/C9H8ClFN4O3S/c1-18-9-12-8(13-14-9)15-19(16,17)5-2-3-7(11)6(10)4-5/h2-4H,1H3,(H2,12,13,14,15). The van der Waals surface area contributed by atoms with Crippen molar-refractivity contribution in [1.82, 2.24) is 15.2 Å². The molecule has 1 heterocycles. The van der Waals surface area contributed by atoms with Crippen molar-refractivity contribution in [2.24, 2.45) is 0 Å². The number of benzene rings is 1. The van der Waals surface area contributed by atoms with Gasteiger partial charge in [-0.2, -0.15) is 4.98 Å². The van der Waals surface area contributed by atoms with E-state index in [9.17, 15) is 12.8 Å². The van der Waals surface area contributed by atoms with Crippen LogP contribution in [0.2, 0.25) is 5.02 Å². The van der Waals surface area contributed by atoms with Crippen molar-refractivity contribution in [2.75, 3.05) is 11.8 Å². The van der Waals surface area contributed by atoms with Crippen molar-refractivity contribution in [2.45, 2.75) is 4.90 Å². The molecule has 1 aromatic heterocycles. The fourth-order valence-corrected chi connectivity index (χ4v) is 2.44. The zero-order chi connectivity index (χ0) is 14.0. The number of aromatic amines is 1. The molecule has 0 aliphatic carbocycles. The van der Waals surface area contributed by atoms with Crippen LogP contribution in [0, 0.1) is 5.82 Å². The fraction of sp³-hybridized carbons (Fsp3) is 0.111. The molecule has 0 bridgehead atoms. The Morgan fingerprint density at radius 3 is 2.79 bits per heavy atom. The molecule has 0 saturated heterocycles. The molecule has 0 radical (unpaired) electrons. The van der Waals surface area contributed by atoms with Crippen LogP contribution in [0.15, 0.2) is 23.1 Å². The van der Waals surface area contributed by atoms with E-state index >= 15 is 0 Å². The Bertz CT molecular complexity index is 703. The van der Waals surface area contributed by atoms with Gasteiger partial charge in [0, 0.05) is 0 Å². The van der Waals surface area contributed by atoms with E-state index in [2.05, 4.69) is 19.9 Å². The van der Waals surface area contributed by atoms with E-state index in [0.29, 0.717) is 0 Å². The Kier molecular flexibility index (Phi) is 3.58. The molecule has 0 amide bonds. The average molecular weight is 307 g/mol. The molecule has 19 heavy (non-hydrogen) atoms. The van der Waals surface area contributed by atoms with Gasteiger partial charge in [-0.3, -0.25) is 0 Å².